The predicted octanol–water partition coefficient (Wildman–Crippen LogP) is 0.513. The number of hydrogen-bond acceptors (Lipinski definition) is 4. The van der Waals surface area contributed by atoms with Gasteiger partial charge in [-0.2, -0.15) is 5.10 Å². The highest BCUT2D eigenvalue weighted by Gasteiger charge is 2.24. The number of aliphatic hydroxyl groups is 1. The Morgan fingerprint density at radius 2 is 2.24 bits per heavy atom. The molecule has 98 valence electrons. The molecule has 2 unspecified atom stereocenters. The third kappa shape index (κ3) is 3.80. The second-order valence-corrected chi connectivity index (χ2v) is 4.51. The van der Waals surface area contributed by atoms with E-state index >= 15 is 0 Å². The molecule has 1 heterocycles. The molecule has 0 fully saturated rings. The highest BCUT2D eigenvalue weighted by Crippen LogP contribution is 2.22. The van der Waals surface area contributed by atoms with Crippen molar-refractivity contribution < 1.29 is 5.11 Å². The summed E-state index contributed by atoms with van der Waals surface area (Å²) in [6, 6.07) is 0.132. The van der Waals surface area contributed by atoms with Crippen LogP contribution in [0, 0.1) is 0 Å². The summed E-state index contributed by atoms with van der Waals surface area (Å²) < 4.78 is 1.79. The van der Waals surface area contributed by atoms with E-state index < -0.39 is 0 Å². The van der Waals surface area contributed by atoms with E-state index in [1.165, 1.54) is 0 Å². The number of rotatable bonds is 7. The maximum Gasteiger partial charge on any atom is 0.0558 e. The van der Waals surface area contributed by atoms with Gasteiger partial charge in [0.15, 0.2) is 0 Å². The molecule has 5 heteroatoms. The summed E-state index contributed by atoms with van der Waals surface area (Å²) in [6.07, 6.45) is 4.89. The standard InChI is InChI=1S/C12H24N4O/c1-4-5-16(6-7-17)12(10(2)13)11-8-14-15(3)9-11/h8-10,12,17H,4-7,13H2,1-3H3. The molecule has 0 aliphatic rings. The summed E-state index contributed by atoms with van der Waals surface area (Å²) in [6.45, 7) is 5.86. The zero-order chi connectivity index (χ0) is 12.8. The average molecular weight is 240 g/mol. The van der Waals surface area contributed by atoms with Gasteiger partial charge in [0, 0.05) is 31.4 Å². The van der Waals surface area contributed by atoms with Crippen LogP contribution < -0.4 is 5.73 Å². The van der Waals surface area contributed by atoms with Crippen LogP contribution in [0.15, 0.2) is 12.4 Å². The molecule has 0 radical (unpaired) electrons. The van der Waals surface area contributed by atoms with Crippen LogP contribution in [0.25, 0.3) is 0 Å². The topological polar surface area (TPSA) is 67.3 Å². The molecular formula is C12H24N4O. The van der Waals surface area contributed by atoms with Gasteiger partial charge >= 0.3 is 0 Å². The van der Waals surface area contributed by atoms with E-state index in [0.717, 1.165) is 18.5 Å². The first-order chi connectivity index (χ1) is 8.10. The molecule has 0 aliphatic carbocycles. The van der Waals surface area contributed by atoms with Gasteiger partial charge < -0.3 is 10.8 Å². The Morgan fingerprint density at radius 3 is 2.65 bits per heavy atom. The largest absolute Gasteiger partial charge is 0.395 e. The summed E-state index contributed by atoms with van der Waals surface area (Å²) in [7, 11) is 1.90. The number of aliphatic hydroxyl groups excluding tert-OH is 1. The van der Waals surface area contributed by atoms with Crippen molar-refractivity contribution in [2.75, 3.05) is 19.7 Å². The Morgan fingerprint density at radius 1 is 1.53 bits per heavy atom. The Hall–Kier alpha value is -0.910. The smallest absolute Gasteiger partial charge is 0.0558 e. The van der Waals surface area contributed by atoms with E-state index in [4.69, 9.17) is 10.8 Å². The summed E-state index contributed by atoms with van der Waals surface area (Å²) in [4.78, 5) is 2.22. The zero-order valence-corrected chi connectivity index (χ0v) is 11.0. The Balaban J connectivity index is 2.89. The van der Waals surface area contributed by atoms with Crippen LogP contribution in [-0.2, 0) is 7.05 Å². The highest BCUT2D eigenvalue weighted by atomic mass is 16.3. The fourth-order valence-corrected chi connectivity index (χ4v) is 2.25. The summed E-state index contributed by atoms with van der Waals surface area (Å²) in [5.41, 5.74) is 7.19. The SMILES string of the molecule is CCCN(CCO)C(c1cnn(C)c1)C(C)N. The van der Waals surface area contributed by atoms with Crippen molar-refractivity contribution in [1.29, 1.82) is 0 Å². The Bertz CT molecular complexity index is 318. The van der Waals surface area contributed by atoms with Crippen molar-refractivity contribution in [1.82, 2.24) is 14.7 Å². The van der Waals surface area contributed by atoms with Crippen LogP contribution >= 0.6 is 0 Å². The van der Waals surface area contributed by atoms with E-state index in [9.17, 15) is 0 Å². The molecule has 2 atom stereocenters. The molecular weight excluding hydrogens is 216 g/mol. The first kappa shape index (κ1) is 14.2. The summed E-state index contributed by atoms with van der Waals surface area (Å²) in [5, 5.41) is 13.3. The van der Waals surface area contributed by atoms with Gasteiger partial charge in [0.1, 0.15) is 0 Å². The van der Waals surface area contributed by atoms with Crippen molar-refractivity contribution in [3.8, 4) is 0 Å². The fraction of sp³-hybridized carbons (Fsp3) is 0.750. The molecule has 1 rings (SSSR count). The van der Waals surface area contributed by atoms with Crippen LogP contribution in [-0.4, -0.2) is 45.5 Å². The number of nitrogens with two attached hydrogens (primary N) is 1. The summed E-state index contributed by atoms with van der Waals surface area (Å²) >= 11 is 0. The molecule has 17 heavy (non-hydrogen) atoms. The van der Waals surface area contributed by atoms with Gasteiger partial charge in [0.05, 0.1) is 18.8 Å². The lowest BCUT2D eigenvalue weighted by Crippen LogP contribution is -2.41. The van der Waals surface area contributed by atoms with E-state index in [2.05, 4.69) is 16.9 Å². The van der Waals surface area contributed by atoms with Gasteiger partial charge in [0.2, 0.25) is 0 Å². The lowest BCUT2D eigenvalue weighted by Gasteiger charge is -2.33. The minimum atomic E-state index is 0.0114. The maximum absolute atomic E-state index is 9.14. The van der Waals surface area contributed by atoms with Gasteiger partial charge in [-0.05, 0) is 19.9 Å². The van der Waals surface area contributed by atoms with E-state index in [0.29, 0.717) is 6.54 Å². The van der Waals surface area contributed by atoms with Crippen molar-refractivity contribution in [3.05, 3.63) is 18.0 Å². The van der Waals surface area contributed by atoms with Crippen LogP contribution in [0.3, 0.4) is 0 Å². The molecule has 0 spiro atoms. The molecule has 5 nitrogen and oxygen atoms in total. The predicted molar refractivity (Wildman–Crippen MR) is 68.5 cm³/mol. The Kier molecular flexibility index (Phi) is 5.61. The monoisotopic (exact) mass is 240 g/mol. The van der Waals surface area contributed by atoms with E-state index in [1.54, 1.807) is 4.68 Å². The van der Waals surface area contributed by atoms with Crippen LogP contribution in [0.1, 0.15) is 31.9 Å². The van der Waals surface area contributed by atoms with Gasteiger partial charge in [0.25, 0.3) is 0 Å². The van der Waals surface area contributed by atoms with Crippen molar-refractivity contribution >= 4 is 0 Å². The zero-order valence-electron chi connectivity index (χ0n) is 11.0. The number of aryl methyl sites for hydroxylation is 1. The van der Waals surface area contributed by atoms with Crippen LogP contribution in [0.4, 0.5) is 0 Å². The quantitative estimate of drug-likeness (QED) is 0.729. The van der Waals surface area contributed by atoms with Gasteiger partial charge in [-0.3, -0.25) is 9.58 Å². The summed E-state index contributed by atoms with van der Waals surface area (Å²) in [5.74, 6) is 0. The lowest BCUT2D eigenvalue weighted by molar-refractivity contribution is 0.137. The Labute approximate surface area is 103 Å². The first-order valence-corrected chi connectivity index (χ1v) is 6.19. The number of hydrogen-bond donors (Lipinski definition) is 2. The van der Waals surface area contributed by atoms with Crippen LogP contribution in [0.5, 0.6) is 0 Å². The second-order valence-electron chi connectivity index (χ2n) is 4.51. The van der Waals surface area contributed by atoms with Crippen LogP contribution in [0.2, 0.25) is 0 Å². The number of nitrogens with zero attached hydrogens (tertiary/aromatic N) is 3. The first-order valence-electron chi connectivity index (χ1n) is 6.19. The van der Waals surface area contributed by atoms with E-state index in [-0.39, 0.29) is 18.7 Å². The fourth-order valence-electron chi connectivity index (χ4n) is 2.25. The molecule has 0 bridgehead atoms. The molecule has 0 aliphatic heterocycles. The molecule has 0 aromatic carbocycles. The average Bonchev–Trinajstić information content (AvgIpc) is 2.65. The second kappa shape index (κ2) is 6.74. The molecule has 1 aromatic rings. The molecule has 1 aromatic heterocycles. The molecule has 0 saturated carbocycles. The third-order valence-corrected chi connectivity index (χ3v) is 2.86. The third-order valence-electron chi connectivity index (χ3n) is 2.86. The van der Waals surface area contributed by atoms with Gasteiger partial charge in [-0.1, -0.05) is 6.92 Å². The van der Waals surface area contributed by atoms with Gasteiger partial charge in [-0.25, -0.2) is 0 Å². The minimum Gasteiger partial charge on any atom is -0.395 e. The molecule has 0 amide bonds. The highest BCUT2D eigenvalue weighted by molar-refractivity contribution is 5.13. The van der Waals surface area contributed by atoms with Crippen molar-refractivity contribution in [2.24, 2.45) is 12.8 Å². The molecule has 0 saturated heterocycles. The minimum absolute atomic E-state index is 0.0114. The normalized spacial score (nSPS) is 15.2. The van der Waals surface area contributed by atoms with E-state index in [1.807, 2.05) is 26.4 Å². The maximum atomic E-state index is 9.14. The van der Waals surface area contributed by atoms with Gasteiger partial charge in [-0.15, -0.1) is 0 Å². The number of aromatic nitrogens is 2. The van der Waals surface area contributed by atoms with Crippen molar-refractivity contribution in [2.45, 2.75) is 32.4 Å². The lowest BCUT2D eigenvalue weighted by atomic mass is 10.0. The van der Waals surface area contributed by atoms with Crippen molar-refractivity contribution in [3.63, 3.8) is 0 Å². The molecule has 3 N–H and O–H groups in total.